The van der Waals surface area contributed by atoms with Gasteiger partial charge in [0.05, 0.1) is 6.10 Å². The van der Waals surface area contributed by atoms with Gasteiger partial charge in [-0.2, -0.15) is 0 Å². The van der Waals surface area contributed by atoms with Crippen molar-refractivity contribution < 1.29 is 27.8 Å². The molecule has 1 saturated heterocycles. The molecule has 5 atom stereocenters. The first-order valence-electron chi connectivity index (χ1n) is 16.1. The number of nitrogens with zero attached hydrogens (tertiary/aromatic N) is 1. The molecule has 10 heteroatoms. The van der Waals surface area contributed by atoms with E-state index in [1.165, 1.54) is 5.54 Å². The zero-order chi connectivity index (χ0) is 33.3. The van der Waals surface area contributed by atoms with Gasteiger partial charge in [-0.05, 0) is 6.42 Å². The van der Waals surface area contributed by atoms with Crippen molar-refractivity contribution in [2.75, 3.05) is 21.3 Å². The average molecular weight is 761 g/mol. The first-order valence-corrected chi connectivity index (χ1v) is 28.7. The van der Waals surface area contributed by atoms with Crippen LogP contribution in [0.3, 0.4) is 0 Å². The fraction of sp³-hybridized carbons (Fsp3) is 0.735. The topological polar surface area (TPSA) is 72.2 Å². The maximum atomic E-state index is 7.46. The molecule has 0 unspecified atom stereocenters. The van der Waals surface area contributed by atoms with Crippen LogP contribution in [0.4, 0.5) is 0 Å². The fourth-order valence-electron chi connectivity index (χ4n) is 6.60. The van der Waals surface area contributed by atoms with Crippen LogP contribution in [0.1, 0.15) is 73.6 Å². The summed E-state index contributed by atoms with van der Waals surface area (Å²) in [5, 5.41) is 0. The summed E-state index contributed by atoms with van der Waals surface area (Å²) in [5.41, 5.74) is 3.85. The molecule has 0 radical (unpaired) electrons. The third-order valence-electron chi connectivity index (χ3n) is 9.02. The van der Waals surface area contributed by atoms with Crippen molar-refractivity contribution in [3.63, 3.8) is 0 Å². The van der Waals surface area contributed by atoms with Crippen LogP contribution in [0.25, 0.3) is 0 Å². The van der Waals surface area contributed by atoms with Crippen molar-refractivity contribution in [1.82, 2.24) is 4.98 Å². The van der Waals surface area contributed by atoms with E-state index in [1.807, 2.05) is 12.3 Å². The Labute approximate surface area is 278 Å². The molecule has 252 valence electrons. The summed E-state index contributed by atoms with van der Waals surface area (Å²) < 4.78 is 39.4. The summed E-state index contributed by atoms with van der Waals surface area (Å²) in [5.74, 6) is -0.312. The summed E-state index contributed by atoms with van der Waals surface area (Å²) >= 11 is 3.36. The number of rotatable bonds is 17. The van der Waals surface area contributed by atoms with Gasteiger partial charge < -0.3 is 4.74 Å². The Morgan fingerprint density at radius 3 is 2.23 bits per heavy atom. The molecular weight excluding hydrogens is 701 g/mol. The standard InChI is InChI=1S/C31H51ClNO6Si.3CH3.Sn/c1-22(2)40(23(3)4,24(5)6)39-29(18-25(7)13-14-26(34-8)12-11-15-32)28-19-27(35-9)20-31(36-10,38-28)21-30-33-16-17-37-30;;;;/h11,13-15,17-18,22-24,26-29H,12,19-21H2,1-10H3;3*1H3;/b14-13+,15-11+,25-18+;;;;/t26-,27-,28-,29-,31+;;;;/m1..../s1. The molecule has 1 aliphatic heterocycles. The Kier molecular flexibility index (Phi) is 15.9. The van der Waals surface area contributed by atoms with Gasteiger partial charge in [0.2, 0.25) is 0 Å². The third kappa shape index (κ3) is 10.5. The molecule has 2 rings (SSSR count). The van der Waals surface area contributed by atoms with E-state index in [2.05, 4.69) is 81.5 Å². The maximum absolute atomic E-state index is 7.46. The Balaban J connectivity index is 2.58. The quantitative estimate of drug-likeness (QED) is 0.117. The second-order valence-electron chi connectivity index (χ2n) is 14.2. The summed E-state index contributed by atoms with van der Waals surface area (Å²) in [4.78, 5) is 11.9. The molecule has 1 aliphatic rings. The minimum absolute atomic E-state index is 0.0727. The van der Waals surface area contributed by atoms with Gasteiger partial charge >= 0.3 is 232 Å². The number of oxazole rings is 1. The van der Waals surface area contributed by atoms with Crippen LogP contribution in [0, 0.1) is 0 Å². The zero-order valence-electron chi connectivity index (χ0n) is 29.6. The Morgan fingerprint density at radius 2 is 1.75 bits per heavy atom. The number of allylic oxidation sites excluding steroid dienone is 2. The minimum atomic E-state index is -2.40. The van der Waals surface area contributed by atoms with Crippen molar-refractivity contribution in [2.24, 2.45) is 0 Å². The van der Waals surface area contributed by atoms with Crippen LogP contribution in [-0.2, 0) is 29.8 Å². The molecule has 0 amide bonds. The summed E-state index contributed by atoms with van der Waals surface area (Å²) in [6.45, 7) is 16.0. The third-order valence-corrected chi connectivity index (χ3v) is 20.3. The first-order chi connectivity index (χ1) is 20.6. The Hall–Kier alpha value is -0.464. The predicted octanol–water partition coefficient (Wildman–Crippen LogP) is 8.52. The molecule has 0 bridgehead atoms. The number of ether oxygens (including phenoxy) is 4. The van der Waals surface area contributed by atoms with Gasteiger partial charge in [-0.1, -0.05) is 17.7 Å². The van der Waals surface area contributed by atoms with Gasteiger partial charge in [0.15, 0.2) is 0 Å². The van der Waals surface area contributed by atoms with E-state index in [0.717, 1.165) is 9.28 Å². The van der Waals surface area contributed by atoms with Crippen LogP contribution in [0.2, 0.25) is 31.4 Å². The molecule has 0 aromatic carbocycles. The zero-order valence-corrected chi connectivity index (χ0v) is 34.2. The van der Waals surface area contributed by atoms with E-state index in [1.54, 1.807) is 21.3 Å². The predicted molar refractivity (Wildman–Crippen MR) is 187 cm³/mol. The molecular formula is C34H60ClNO6SiSn. The van der Waals surface area contributed by atoms with Gasteiger partial charge in [0, 0.05) is 12.6 Å². The summed E-state index contributed by atoms with van der Waals surface area (Å²) in [6, 6.07) is 0. The number of halogens is 1. The van der Waals surface area contributed by atoms with Crippen molar-refractivity contribution in [2.45, 2.75) is 136 Å². The summed E-state index contributed by atoms with van der Waals surface area (Å²) in [6.07, 6.45) is 11.7. The van der Waals surface area contributed by atoms with E-state index < -0.39 is 32.5 Å². The SMILES string of the molecule is CO[C@@H]1C[C@H]([C@@H](/C=C(C)/C=C/[C@@H](C/C=C/Cl)OC)O[Si](C(C)C)(C(C)C)C(C)C)O[C@@](Cc2n[c]([Sn]([CH3])([CH3])[CH3])co2)(OC)C1. The van der Waals surface area contributed by atoms with Crippen molar-refractivity contribution in [3.05, 3.63) is 47.6 Å². The average Bonchev–Trinajstić information content (AvgIpc) is 3.43. The van der Waals surface area contributed by atoms with Crippen LogP contribution >= 0.6 is 11.6 Å². The van der Waals surface area contributed by atoms with Gasteiger partial charge in [-0.3, -0.25) is 0 Å². The van der Waals surface area contributed by atoms with E-state index in [0.29, 0.717) is 48.2 Å². The normalized spacial score (nSPS) is 24.0. The monoisotopic (exact) mass is 761 g/mol. The van der Waals surface area contributed by atoms with Crippen LogP contribution in [0.5, 0.6) is 0 Å². The molecule has 0 N–H and O–H groups in total. The molecule has 1 aromatic rings. The van der Waals surface area contributed by atoms with Gasteiger partial charge in [0.1, 0.15) is 0 Å². The molecule has 44 heavy (non-hydrogen) atoms. The molecule has 1 aromatic heterocycles. The second-order valence-corrected chi connectivity index (χ2v) is 34.1. The Bertz CT molecular complexity index is 1080. The first kappa shape index (κ1) is 39.7. The molecule has 2 heterocycles. The van der Waals surface area contributed by atoms with Crippen LogP contribution < -0.4 is 3.71 Å². The van der Waals surface area contributed by atoms with E-state index in [-0.39, 0.29) is 24.4 Å². The van der Waals surface area contributed by atoms with Crippen molar-refractivity contribution in [3.8, 4) is 0 Å². The molecule has 0 saturated carbocycles. The van der Waals surface area contributed by atoms with Crippen LogP contribution in [-0.4, -0.2) is 83.2 Å². The molecule has 7 nitrogen and oxygen atoms in total. The van der Waals surface area contributed by atoms with E-state index >= 15 is 0 Å². The van der Waals surface area contributed by atoms with E-state index in [4.69, 9.17) is 44.4 Å². The van der Waals surface area contributed by atoms with Crippen LogP contribution in [0.15, 0.2) is 46.1 Å². The fourth-order valence-corrected chi connectivity index (χ4v) is 14.7. The van der Waals surface area contributed by atoms with Gasteiger partial charge in [0.25, 0.3) is 0 Å². The van der Waals surface area contributed by atoms with E-state index in [9.17, 15) is 0 Å². The molecule has 1 fully saturated rings. The van der Waals surface area contributed by atoms with Crippen molar-refractivity contribution >= 4 is 42.0 Å². The van der Waals surface area contributed by atoms with Gasteiger partial charge in [-0.15, -0.1) is 0 Å². The molecule has 0 spiro atoms. The number of hydrogen-bond donors (Lipinski definition) is 0. The second kappa shape index (κ2) is 17.6. The Morgan fingerprint density at radius 1 is 1.11 bits per heavy atom. The molecule has 0 aliphatic carbocycles. The number of aromatic nitrogens is 1. The number of hydrogen-bond acceptors (Lipinski definition) is 7. The summed E-state index contributed by atoms with van der Waals surface area (Å²) in [7, 11) is 2.89. The van der Waals surface area contributed by atoms with Crippen molar-refractivity contribution in [1.29, 1.82) is 0 Å². The van der Waals surface area contributed by atoms with Gasteiger partial charge in [-0.25, -0.2) is 0 Å². The number of methoxy groups -OCH3 is 3.